The Morgan fingerprint density at radius 1 is 0.973 bits per heavy atom. The van der Waals surface area contributed by atoms with Crippen molar-refractivity contribution in [3.8, 4) is 16.9 Å². The first-order chi connectivity index (χ1) is 17.9. The number of hydrogen-bond donors (Lipinski definition) is 3. The number of aromatic nitrogens is 2. The van der Waals surface area contributed by atoms with Crippen LogP contribution in [-0.2, 0) is 0 Å². The number of aliphatic hydroxyl groups excluding tert-OH is 1. The van der Waals surface area contributed by atoms with Crippen LogP contribution in [0.3, 0.4) is 0 Å². The Hall–Kier alpha value is -3.39. The molecule has 0 bridgehead atoms. The predicted octanol–water partition coefficient (Wildman–Crippen LogP) is 6.22. The SMILES string of the molecule is O=C(c1cnc2ccc(-c3cc(Cl)c(O)c(Cl)c3)cc2c1Nc1ccc(N2CCC(O)C2)nc1)C1CC1. The lowest BCUT2D eigenvalue weighted by molar-refractivity contribution is 0.0968. The number of aromatic hydroxyl groups is 1. The van der Waals surface area contributed by atoms with E-state index >= 15 is 0 Å². The summed E-state index contributed by atoms with van der Waals surface area (Å²) in [5.41, 5.74) is 4.23. The van der Waals surface area contributed by atoms with E-state index in [1.807, 2.05) is 30.3 Å². The standard InChI is InChI=1S/C28H24Cl2N4O3/c29-22-10-17(11-23(30)28(22)37)16-3-5-24-20(9-16)26(21(13-31-24)27(36)15-1-2-15)33-18-4-6-25(32-12-18)34-8-7-19(35)14-34/h3-6,9-13,15,19,35,37H,1-2,7-8,14H2,(H,31,33). The minimum Gasteiger partial charge on any atom is -0.505 e. The van der Waals surface area contributed by atoms with E-state index in [-0.39, 0.29) is 33.6 Å². The lowest BCUT2D eigenvalue weighted by atomic mass is 9.99. The van der Waals surface area contributed by atoms with Gasteiger partial charge >= 0.3 is 0 Å². The number of rotatable bonds is 6. The molecular formula is C28H24Cl2N4O3. The van der Waals surface area contributed by atoms with E-state index in [1.165, 1.54) is 0 Å². The molecule has 0 radical (unpaired) electrons. The zero-order valence-electron chi connectivity index (χ0n) is 19.8. The second-order valence-corrected chi connectivity index (χ2v) is 10.4. The molecule has 37 heavy (non-hydrogen) atoms. The third-order valence-electron chi connectivity index (χ3n) is 6.94. The van der Waals surface area contributed by atoms with Gasteiger partial charge in [-0.05, 0) is 66.8 Å². The highest BCUT2D eigenvalue weighted by Crippen LogP contribution is 2.40. The molecule has 7 nitrogen and oxygen atoms in total. The number of pyridine rings is 2. The van der Waals surface area contributed by atoms with E-state index in [2.05, 4.69) is 20.2 Å². The number of halogens is 2. The summed E-state index contributed by atoms with van der Waals surface area (Å²) >= 11 is 12.3. The summed E-state index contributed by atoms with van der Waals surface area (Å²) in [5, 5.41) is 24.3. The second-order valence-electron chi connectivity index (χ2n) is 9.62. The molecule has 1 saturated carbocycles. The maximum Gasteiger partial charge on any atom is 0.169 e. The Labute approximate surface area is 223 Å². The largest absolute Gasteiger partial charge is 0.505 e. The van der Waals surface area contributed by atoms with Gasteiger partial charge in [0.1, 0.15) is 5.82 Å². The van der Waals surface area contributed by atoms with Crippen molar-refractivity contribution in [1.82, 2.24) is 9.97 Å². The number of Topliss-reactive ketones (excluding diaryl/α,β-unsaturated/α-hetero) is 1. The molecule has 9 heteroatoms. The zero-order chi connectivity index (χ0) is 25.7. The van der Waals surface area contributed by atoms with Crippen molar-refractivity contribution in [3.05, 3.63) is 70.5 Å². The predicted molar refractivity (Wildman–Crippen MR) is 146 cm³/mol. The van der Waals surface area contributed by atoms with Crippen LogP contribution in [0, 0.1) is 5.92 Å². The number of nitrogens with zero attached hydrogens (tertiary/aromatic N) is 3. The number of anilines is 3. The number of ketones is 1. The summed E-state index contributed by atoms with van der Waals surface area (Å²) in [6.45, 7) is 1.34. The molecule has 188 valence electrons. The molecule has 2 aliphatic rings. The fourth-order valence-corrected chi connectivity index (χ4v) is 5.22. The van der Waals surface area contributed by atoms with Gasteiger partial charge < -0.3 is 20.4 Å². The van der Waals surface area contributed by atoms with E-state index in [1.54, 1.807) is 24.5 Å². The lowest BCUT2D eigenvalue weighted by Crippen LogP contribution is -2.22. The maximum atomic E-state index is 13.2. The van der Waals surface area contributed by atoms with Gasteiger partial charge in [-0.25, -0.2) is 4.98 Å². The van der Waals surface area contributed by atoms with Gasteiger partial charge in [0.2, 0.25) is 0 Å². The normalized spacial score (nSPS) is 17.4. The fraction of sp³-hybridized carbons (Fsp3) is 0.250. The van der Waals surface area contributed by atoms with Gasteiger partial charge in [-0.1, -0.05) is 29.3 Å². The highest BCUT2D eigenvalue weighted by molar-refractivity contribution is 6.37. The van der Waals surface area contributed by atoms with Crippen LogP contribution >= 0.6 is 23.2 Å². The van der Waals surface area contributed by atoms with Crippen LogP contribution in [-0.4, -0.2) is 45.2 Å². The highest BCUT2D eigenvalue weighted by Gasteiger charge is 2.32. The molecule has 1 atom stereocenters. The number of nitrogens with one attached hydrogen (secondary N) is 1. The second kappa shape index (κ2) is 9.49. The van der Waals surface area contributed by atoms with Crippen LogP contribution in [0.15, 0.2) is 54.9 Å². The number of carbonyl (C=O) groups excluding carboxylic acids is 1. The number of benzene rings is 2. The van der Waals surface area contributed by atoms with Crippen molar-refractivity contribution >= 4 is 57.1 Å². The Bertz CT molecular complexity index is 1500. The summed E-state index contributed by atoms with van der Waals surface area (Å²) in [7, 11) is 0. The molecule has 1 unspecified atom stereocenters. The number of fused-ring (bicyclic) bond motifs is 1. The lowest BCUT2D eigenvalue weighted by Gasteiger charge is -2.18. The monoisotopic (exact) mass is 534 g/mol. The smallest absolute Gasteiger partial charge is 0.169 e. The van der Waals surface area contributed by atoms with Crippen molar-refractivity contribution in [2.24, 2.45) is 5.92 Å². The van der Waals surface area contributed by atoms with Crippen molar-refractivity contribution in [2.75, 3.05) is 23.3 Å². The van der Waals surface area contributed by atoms with E-state index < -0.39 is 0 Å². The summed E-state index contributed by atoms with van der Waals surface area (Å²) in [4.78, 5) is 24.4. The topological polar surface area (TPSA) is 98.6 Å². The molecule has 1 aliphatic carbocycles. The molecule has 6 rings (SSSR count). The molecule has 0 spiro atoms. The Balaban J connectivity index is 1.42. The number of phenols is 1. The van der Waals surface area contributed by atoms with E-state index in [0.717, 1.165) is 59.3 Å². The molecule has 3 heterocycles. The van der Waals surface area contributed by atoms with Crippen LogP contribution in [0.25, 0.3) is 22.0 Å². The number of carbonyl (C=O) groups is 1. The molecule has 2 aromatic carbocycles. The average molecular weight is 535 g/mol. The Morgan fingerprint density at radius 3 is 2.41 bits per heavy atom. The summed E-state index contributed by atoms with van der Waals surface area (Å²) in [6.07, 6.45) is 5.56. The third-order valence-corrected chi connectivity index (χ3v) is 7.51. The van der Waals surface area contributed by atoms with Crippen LogP contribution in [0.5, 0.6) is 5.75 Å². The van der Waals surface area contributed by atoms with Crippen LogP contribution in [0.4, 0.5) is 17.2 Å². The van der Waals surface area contributed by atoms with Gasteiger partial charge in [0.15, 0.2) is 11.5 Å². The average Bonchev–Trinajstić information content (AvgIpc) is 3.67. The van der Waals surface area contributed by atoms with Crippen molar-refractivity contribution in [1.29, 1.82) is 0 Å². The van der Waals surface area contributed by atoms with E-state index in [0.29, 0.717) is 17.8 Å². The fourth-order valence-electron chi connectivity index (χ4n) is 4.73. The molecule has 1 aliphatic heterocycles. The van der Waals surface area contributed by atoms with Gasteiger partial charge in [-0.2, -0.15) is 0 Å². The van der Waals surface area contributed by atoms with E-state index in [4.69, 9.17) is 23.2 Å². The molecule has 0 amide bonds. The van der Waals surface area contributed by atoms with Gasteiger partial charge in [0, 0.05) is 30.6 Å². The maximum absolute atomic E-state index is 13.2. The highest BCUT2D eigenvalue weighted by atomic mass is 35.5. The minimum atomic E-state index is -0.327. The number of β-amino-alcohol motifs (C(OH)–C–C–N with tert-alkyl or cyclic N) is 1. The Morgan fingerprint density at radius 2 is 1.76 bits per heavy atom. The minimum absolute atomic E-state index is 0.0276. The quantitative estimate of drug-likeness (QED) is 0.252. The van der Waals surface area contributed by atoms with Gasteiger partial charge in [-0.3, -0.25) is 9.78 Å². The van der Waals surface area contributed by atoms with Gasteiger partial charge in [0.05, 0.1) is 44.8 Å². The van der Waals surface area contributed by atoms with Crippen LogP contribution in [0.2, 0.25) is 10.0 Å². The number of hydrogen-bond acceptors (Lipinski definition) is 7. The van der Waals surface area contributed by atoms with Crippen molar-refractivity contribution < 1.29 is 15.0 Å². The van der Waals surface area contributed by atoms with E-state index in [9.17, 15) is 15.0 Å². The van der Waals surface area contributed by atoms with Gasteiger partial charge in [0.25, 0.3) is 0 Å². The van der Waals surface area contributed by atoms with Gasteiger partial charge in [-0.15, -0.1) is 0 Å². The van der Waals surface area contributed by atoms with Crippen LogP contribution < -0.4 is 10.2 Å². The summed E-state index contributed by atoms with van der Waals surface area (Å²) in [6, 6.07) is 12.9. The first-order valence-corrected chi connectivity index (χ1v) is 12.9. The third kappa shape index (κ3) is 4.70. The molecule has 2 fully saturated rings. The Kier molecular flexibility index (Phi) is 6.15. The zero-order valence-corrected chi connectivity index (χ0v) is 21.3. The summed E-state index contributed by atoms with van der Waals surface area (Å²) < 4.78 is 0. The number of aliphatic hydroxyl groups is 1. The molecule has 2 aromatic heterocycles. The summed E-state index contributed by atoms with van der Waals surface area (Å²) in [5.74, 6) is 0.751. The van der Waals surface area contributed by atoms with Crippen molar-refractivity contribution in [2.45, 2.75) is 25.4 Å². The molecule has 4 aromatic rings. The molecule has 3 N–H and O–H groups in total. The number of phenolic OH excluding ortho intramolecular Hbond substituents is 1. The molecule has 1 saturated heterocycles. The molecular weight excluding hydrogens is 511 g/mol. The van der Waals surface area contributed by atoms with Crippen molar-refractivity contribution in [3.63, 3.8) is 0 Å². The first-order valence-electron chi connectivity index (χ1n) is 12.2. The van der Waals surface area contributed by atoms with Crippen LogP contribution in [0.1, 0.15) is 29.6 Å². The first kappa shape index (κ1) is 24.0.